The first-order chi connectivity index (χ1) is 10.0. The molecule has 0 amide bonds. The van der Waals surface area contributed by atoms with E-state index in [4.69, 9.17) is 0 Å². The number of H-pyrrole nitrogens is 1. The third-order valence-electron chi connectivity index (χ3n) is 3.76. The summed E-state index contributed by atoms with van der Waals surface area (Å²) in [5, 5.41) is 3.30. The lowest BCUT2D eigenvalue weighted by molar-refractivity contribution is 0.257. The summed E-state index contributed by atoms with van der Waals surface area (Å²) < 4.78 is 29.2. The summed E-state index contributed by atoms with van der Waals surface area (Å²) in [5.41, 5.74) is 0. The van der Waals surface area contributed by atoms with Crippen LogP contribution in [0.3, 0.4) is 0 Å². The molecule has 0 aliphatic carbocycles. The number of aromatic nitrogens is 2. The van der Waals surface area contributed by atoms with Gasteiger partial charge in [-0.05, 0) is 38.8 Å². The second kappa shape index (κ2) is 7.35. The molecule has 2 heterocycles. The Morgan fingerprint density at radius 1 is 1.57 bits per heavy atom. The zero-order valence-electron chi connectivity index (χ0n) is 12.7. The van der Waals surface area contributed by atoms with E-state index in [0.29, 0.717) is 24.8 Å². The average Bonchev–Trinajstić information content (AvgIpc) is 2.99. The van der Waals surface area contributed by atoms with E-state index in [0.717, 1.165) is 25.9 Å². The van der Waals surface area contributed by atoms with E-state index in [1.165, 1.54) is 0 Å². The molecule has 0 spiro atoms. The molecule has 1 aromatic rings. The van der Waals surface area contributed by atoms with E-state index in [9.17, 15) is 8.42 Å². The first kappa shape index (κ1) is 16.4. The molecule has 2 rings (SSSR count). The zero-order valence-corrected chi connectivity index (χ0v) is 13.5. The number of hydrogen-bond donors (Lipinski definition) is 3. The monoisotopic (exact) mass is 315 g/mol. The number of imidazole rings is 1. The molecule has 120 valence electrons. The van der Waals surface area contributed by atoms with Crippen LogP contribution in [0.1, 0.15) is 38.6 Å². The molecule has 1 saturated heterocycles. The molecule has 21 heavy (non-hydrogen) atoms. The summed E-state index contributed by atoms with van der Waals surface area (Å²) in [4.78, 5) is 7.02. The highest BCUT2D eigenvalue weighted by Crippen LogP contribution is 2.19. The number of aromatic amines is 1. The molecule has 2 unspecified atom stereocenters. The van der Waals surface area contributed by atoms with Crippen molar-refractivity contribution in [2.24, 2.45) is 5.92 Å². The van der Waals surface area contributed by atoms with Crippen LogP contribution in [0.25, 0.3) is 0 Å². The van der Waals surface area contributed by atoms with Crippen molar-refractivity contribution in [1.29, 1.82) is 0 Å². The highest BCUT2D eigenvalue weighted by Gasteiger charge is 2.30. The van der Waals surface area contributed by atoms with Crippen LogP contribution in [-0.4, -0.2) is 48.9 Å². The lowest BCUT2D eigenvalue weighted by atomic mass is 10.00. The summed E-state index contributed by atoms with van der Waals surface area (Å²) >= 11 is 0. The summed E-state index contributed by atoms with van der Waals surface area (Å²) in [6.45, 7) is 6.80. The quantitative estimate of drug-likeness (QED) is 0.688. The highest BCUT2D eigenvalue weighted by molar-refractivity contribution is 7.87. The zero-order chi connectivity index (χ0) is 15.3. The normalized spacial score (nSPS) is 22.3. The number of nitrogens with zero attached hydrogens (tertiary/aromatic N) is 2. The highest BCUT2D eigenvalue weighted by atomic mass is 32.2. The van der Waals surface area contributed by atoms with Gasteiger partial charge in [-0.15, -0.1) is 0 Å². The van der Waals surface area contributed by atoms with Gasteiger partial charge < -0.3 is 10.3 Å². The summed E-state index contributed by atoms with van der Waals surface area (Å²) in [7, 11) is -3.47. The maximum absolute atomic E-state index is 12.5. The third kappa shape index (κ3) is 4.50. The van der Waals surface area contributed by atoms with Crippen molar-refractivity contribution in [3.8, 4) is 0 Å². The van der Waals surface area contributed by atoms with Gasteiger partial charge in [-0.25, -0.2) is 4.98 Å². The average molecular weight is 315 g/mol. The fourth-order valence-corrected chi connectivity index (χ4v) is 4.11. The van der Waals surface area contributed by atoms with Crippen LogP contribution in [0.15, 0.2) is 12.4 Å². The van der Waals surface area contributed by atoms with Gasteiger partial charge in [0.25, 0.3) is 10.2 Å². The van der Waals surface area contributed by atoms with Crippen molar-refractivity contribution < 1.29 is 8.42 Å². The molecule has 0 bridgehead atoms. The minimum Gasteiger partial charge on any atom is -0.347 e. The van der Waals surface area contributed by atoms with E-state index in [1.54, 1.807) is 23.6 Å². The van der Waals surface area contributed by atoms with Crippen LogP contribution < -0.4 is 10.0 Å². The molecule has 0 saturated carbocycles. The summed E-state index contributed by atoms with van der Waals surface area (Å²) in [5.74, 6) is 1.01. The fourth-order valence-electron chi connectivity index (χ4n) is 2.63. The Morgan fingerprint density at radius 2 is 2.38 bits per heavy atom. The molecule has 7 nitrogen and oxygen atoms in total. The van der Waals surface area contributed by atoms with Crippen molar-refractivity contribution in [2.75, 3.05) is 26.2 Å². The standard InChI is InChI=1S/C13H25N5O2S/c1-3-14-9-12-5-4-8-18(10-12)21(19,20)17-11(2)13-15-6-7-16-13/h6-7,11-12,14,17H,3-5,8-10H2,1-2H3,(H,15,16). The molecule has 0 aromatic carbocycles. The van der Waals surface area contributed by atoms with Crippen molar-refractivity contribution in [3.63, 3.8) is 0 Å². The molecule has 0 radical (unpaired) electrons. The van der Waals surface area contributed by atoms with Gasteiger partial charge in [0.1, 0.15) is 5.82 Å². The predicted molar refractivity (Wildman–Crippen MR) is 81.9 cm³/mol. The summed E-state index contributed by atoms with van der Waals surface area (Å²) in [6, 6.07) is -0.362. The second-order valence-electron chi connectivity index (χ2n) is 5.49. The Labute approximate surface area is 126 Å². The van der Waals surface area contributed by atoms with E-state index in [2.05, 4.69) is 26.9 Å². The van der Waals surface area contributed by atoms with Crippen molar-refractivity contribution >= 4 is 10.2 Å². The van der Waals surface area contributed by atoms with Crippen molar-refractivity contribution in [2.45, 2.75) is 32.7 Å². The lowest BCUT2D eigenvalue weighted by Gasteiger charge is -2.32. The Balaban J connectivity index is 1.95. The molecule has 1 aromatic heterocycles. The minimum absolute atomic E-state index is 0.362. The Hall–Kier alpha value is -0.960. The number of nitrogens with one attached hydrogen (secondary N) is 3. The Morgan fingerprint density at radius 3 is 3.05 bits per heavy atom. The van der Waals surface area contributed by atoms with E-state index < -0.39 is 10.2 Å². The molecular weight excluding hydrogens is 290 g/mol. The maximum Gasteiger partial charge on any atom is 0.280 e. The van der Waals surface area contributed by atoms with Gasteiger partial charge in [-0.3, -0.25) is 0 Å². The van der Waals surface area contributed by atoms with E-state index >= 15 is 0 Å². The van der Waals surface area contributed by atoms with Gasteiger partial charge >= 0.3 is 0 Å². The van der Waals surface area contributed by atoms with Crippen LogP contribution >= 0.6 is 0 Å². The largest absolute Gasteiger partial charge is 0.347 e. The number of rotatable bonds is 7. The van der Waals surface area contributed by atoms with Gasteiger partial charge in [0, 0.05) is 25.5 Å². The maximum atomic E-state index is 12.5. The summed E-state index contributed by atoms with van der Waals surface area (Å²) in [6.07, 6.45) is 5.29. The molecule has 8 heteroatoms. The molecule has 1 aliphatic rings. The number of hydrogen-bond acceptors (Lipinski definition) is 4. The predicted octanol–water partition coefficient (Wildman–Crippen LogP) is 0.627. The second-order valence-corrected chi connectivity index (χ2v) is 7.20. The van der Waals surface area contributed by atoms with Crippen molar-refractivity contribution in [3.05, 3.63) is 18.2 Å². The van der Waals surface area contributed by atoms with Crippen LogP contribution in [-0.2, 0) is 10.2 Å². The molecular formula is C13H25N5O2S. The third-order valence-corrected chi connectivity index (χ3v) is 5.42. The van der Waals surface area contributed by atoms with Crippen LogP contribution in [0.5, 0.6) is 0 Å². The smallest absolute Gasteiger partial charge is 0.280 e. The van der Waals surface area contributed by atoms with E-state index in [-0.39, 0.29) is 6.04 Å². The topological polar surface area (TPSA) is 90.1 Å². The molecule has 2 atom stereocenters. The fraction of sp³-hybridized carbons (Fsp3) is 0.769. The first-order valence-corrected chi connectivity index (χ1v) is 8.94. The van der Waals surface area contributed by atoms with Gasteiger partial charge in [-0.2, -0.15) is 17.4 Å². The Bertz CT molecular complexity index is 517. The lowest BCUT2D eigenvalue weighted by Crippen LogP contribution is -2.48. The Kier molecular flexibility index (Phi) is 5.74. The van der Waals surface area contributed by atoms with Crippen LogP contribution in [0.4, 0.5) is 0 Å². The molecule has 3 N–H and O–H groups in total. The molecule has 1 fully saturated rings. The van der Waals surface area contributed by atoms with E-state index in [1.807, 2.05) is 0 Å². The van der Waals surface area contributed by atoms with Gasteiger partial charge in [-0.1, -0.05) is 6.92 Å². The minimum atomic E-state index is -3.47. The van der Waals surface area contributed by atoms with Crippen LogP contribution in [0.2, 0.25) is 0 Å². The first-order valence-electron chi connectivity index (χ1n) is 7.50. The van der Waals surface area contributed by atoms with Gasteiger partial charge in [0.2, 0.25) is 0 Å². The SMILES string of the molecule is CCNCC1CCCN(S(=O)(=O)NC(C)c2ncc[nH]2)C1. The number of piperidine rings is 1. The van der Waals surface area contributed by atoms with Gasteiger partial charge in [0.15, 0.2) is 0 Å². The van der Waals surface area contributed by atoms with Crippen LogP contribution in [0, 0.1) is 5.92 Å². The van der Waals surface area contributed by atoms with Gasteiger partial charge in [0.05, 0.1) is 6.04 Å². The molecule has 1 aliphatic heterocycles. The van der Waals surface area contributed by atoms with Crippen molar-refractivity contribution in [1.82, 2.24) is 24.3 Å².